The SMILES string of the molecule is CCCC(CCC)C(C(=O)c1nnc(SCCNC)o1)N(C=O)C1CCCCC1.Cl. The van der Waals surface area contributed by atoms with Crippen molar-refractivity contribution < 1.29 is 14.0 Å². The number of nitrogens with zero attached hydrogens (tertiary/aromatic N) is 3. The van der Waals surface area contributed by atoms with Crippen molar-refractivity contribution in [2.45, 2.75) is 88.9 Å². The molecule has 0 aliphatic heterocycles. The molecule has 0 radical (unpaired) electrons. The smallest absolute Gasteiger partial charge is 0.286 e. The van der Waals surface area contributed by atoms with E-state index in [9.17, 15) is 9.59 Å². The van der Waals surface area contributed by atoms with E-state index in [0.29, 0.717) is 5.22 Å². The Balaban J connectivity index is 0.00000450. The minimum atomic E-state index is -0.522. The van der Waals surface area contributed by atoms with Crippen molar-refractivity contribution in [2.24, 2.45) is 5.92 Å². The summed E-state index contributed by atoms with van der Waals surface area (Å²) < 4.78 is 5.68. The Morgan fingerprint density at radius 2 is 1.90 bits per heavy atom. The van der Waals surface area contributed by atoms with Crippen molar-refractivity contribution in [3.05, 3.63) is 5.89 Å². The summed E-state index contributed by atoms with van der Waals surface area (Å²) in [5.41, 5.74) is 0. The van der Waals surface area contributed by atoms with Gasteiger partial charge < -0.3 is 14.6 Å². The number of rotatable bonds is 14. The highest BCUT2D eigenvalue weighted by molar-refractivity contribution is 7.99. The Kier molecular flexibility index (Phi) is 13.3. The van der Waals surface area contributed by atoms with E-state index in [-0.39, 0.29) is 36.0 Å². The van der Waals surface area contributed by atoms with Gasteiger partial charge in [-0.3, -0.25) is 9.59 Å². The molecule has 7 nitrogen and oxygen atoms in total. The van der Waals surface area contributed by atoms with E-state index < -0.39 is 6.04 Å². The summed E-state index contributed by atoms with van der Waals surface area (Å²) in [7, 11) is 1.88. The number of Topliss-reactive ketones (excluding diaryl/α,β-unsaturated/α-hetero) is 1. The van der Waals surface area contributed by atoms with Crippen molar-refractivity contribution in [1.82, 2.24) is 20.4 Å². The molecule has 1 fully saturated rings. The summed E-state index contributed by atoms with van der Waals surface area (Å²) in [4.78, 5) is 27.5. The topological polar surface area (TPSA) is 88.3 Å². The molecule has 0 spiro atoms. The number of thioether (sulfide) groups is 1. The van der Waals surface area contributed by atoms with E-state index in [4.69, 9.17) is 4.42 Å². The van der Waals surface area contributed by atoms with Gasteiger partial charge in [0.1, 0.15) is 6.04 Å². The highest BCUT2D eigenvalue weighted by Crippen LogP contribution is 2.31. The molecule has 0 saturated heterocycles. The minimum Gasteiger partial charge on any atom is -0.408 e. The van der Waals surface area contributed by atoms with Crippen molar-refractivity contribution in [3.63, 3.8) is 0 Å². The predicted octanol–water partition coefficient (Wildman–Crippen LogP) is 4.36. The third-order valence-electron chi connectivity index (χ3n) is 5.67. The second-order valence-corrected chi connectivity index (χ2v) is 8.86. The second kappa shape index (κ2) is 14.8. The number of halogens is 1. The van der Waals surface area contributed by atoms with Gasteiger partial charge in [-0.15, -0.1) is 22.6 Å². The Morgan fingerprint density at radius 1 is 1.23 bits per heavy atom. The molecule has 30 heavy (non-hydrogen) atoms. The predicted molar refractivity (Wildman–Crippen MR) is 122 cm³/mol. The Hall–Kier alpha value is -1.12. The molecular weight excluding hydrogens is 424 g/mol. The van der Waals surface area contributed by atoms with Gasteiger partial charge in [0.05, 0.1) is 0 Å². The number of carbonyl (C=O) groups excluding carboxylic acids is 2. The van der Waals surface area contributed by atoms with Crippen molar-refractivity contribution in [2.75, 3.05) is 19.3 Å². The van der Waals surface area contributed by atoms with Crippen LogP contribution in [0.25, 0.3) is 0 Å². The molecular formula is C21H37ClN4O3S. The maximum absolute atomic E-state index is 13.5. The minimum absolute atomic E-state index is 0. The molecule has 1 aliphatic carbocycles. The van der Waals surface area contributed by atoms with Gasteiger partial charge in [-0.1, -0.05) is 57.7 Å². The molecule has 0 aromatic carbocycles. The van der Waals surface area contributed by atoms with Crippen molar-refractivity contribution in [1.29, 1.82) is 0 Å². The molecule has 1 aromatic rings. The van der Waals surface area contributed by atoms with Crippen LogP contribution in [-0.4, -0.2) is 58.7 Å². The first-order valence-corrected chi connectivity index (χ1v) is 12.0. The molecule has 1 aliphatic rings. The number of ketones is 1. The third-order valence-corrected chi connectivity index (χ3v) is 6.49. The lowest BCUT2D eigenvalue weighted by atomic mass is 9.84. The molecule has 1 N–H and O–H groups in total. The summed E-state index contributed by atoms with van der Waals surface area (Å²) in [6.07, 6.45) is 9.97. The van der Waals surface area contributed by atoms with Gasteiger partial charge in [0, 0.05) is 18.3 Å². The Labute approximate surface area is 190 Å². The maximum Gasteiger partial charge on any atom is 0.286 e. The summed E-state index contributed by atoms with van der Waals surface area (Å²) in [5, 5.41) is 11.5. The van der Waals surface area contributed by atoms with Crippen LogP contribution < -0.4 is 5.32 Å². The highest BCUT2D eigenvalue weighted by Gasteiger charge is 2.39. The third kappa shape index (κ3) is 7.54. The second-order valence-electron chi connectivity index (χ2n) is 7.82. The van der Waals surface area contributed by atoms with E-state index in [1.54, 1.807) is 4.90 Å². The lowest BCUT2D eigenvalue weighted by Crippen LogP contribution is -2.51. The van der Waals surface area contributed by atoms with Gasteiger partial charge in [-0.2, -0.15) is 0 Å². The largest absolute Gasteiger partial charge is 0.408 e. The van der Waals surface area contributed by atoms with Crippen molar-refractivity contribution in [3.8, 4) is 0 Å². The first-order chi connectivity index (χ1) is 14.2. The van der Waals surface area contributed by atoms with Crippen LogP contribution in [0.2, 0.25) is 0 Å². The number of aromatic nitrogens is 2. The Bertz CT molecular complexity index is 619. The van der Waals surface area contributed by atoms with Gasteiger partial charge in [0.25, 0.3) is 11.1 Å². The highest BCUT2D eigenvalue weighted by atomic mass is 35.5. The fraction of sp³-hybridized carbons (Fsp3) is 0.810. The monoisotopic (exact) mass is 460 g/mol. The summed E-state index contributed by atoms with van der Waals surface area (Å²) in [5.74, 6) is 0.716. The quantitative estimate of drug-likeness (QED) is 0.191. The van der Waals surface area contributed by atoms with E-state index in [2.05, 4.69) is 29.4 Å². The molecule has 1 unspecified atom stereocenters. The lowest BCUT2D eigenvalue weighted by Gasteiger charge is -2.39. The number of carbonyl (C=O) groups is 2. The normalized spacial score (nSPS) is 15.6. The molecule has 1 amide bonds. The van der Waals surface area contributed by atoms with E-state index in [1.807, 2.05) is 7.05 Å². The summed E-state index contributed by atoms with van der Waals surface area (Å²) >= 11 is 1.43. The average molecular weight is 461 g/mol. The molecule has 2 rings (SSSR count). The van der Waals surface area contributed by atoms with Crippen LogP contribution in [-0.2, 0) is 4.79 Å². The molecule has 1 saturated carbocycles. The Morgan fingerprint density at radius 3 is 2.47 bits per heavy atom. The zero-order valence-corrected chi connectivity index (χ0v) is 20.1. The van der Waals surface area contributed by atoms with E-state index >= 15 is 0 Å². The van der Waals surface area contributed by atoms with Gasteiger partial charge in [-0.05, 0) is 38.6 Å². The molecule has 172 valence electrons. The van der Waals surface area contributed by atoms with Gasteiger partial charge >= 0.3 is 0 Å². The fourth-order valence-electron chi connectivity index (χ4n) is 4.29. The van der Waals surface area contributed by atoms with Gasteiger partial charge in [0.15, 0.2) is 0 Å². The number of nitrogens with one attached hydrogen (secondary N) is 1. The van der Waals surface area contributed by atoms with Crippen LogP contribution in [0.4, 0.5) is 0 Å². The molecule has 0 bridgehead atoms. The summed E-state index contributed by atoms with van der Waals surface area (Å²) in [6.45, 7) is 5.06. The number of amides is 1. The molecule has 1 aromatic heterocycles. The number of hydrogen-bond acceptors (Lipinski definition) is 7. The van der Waals surface area contributed by atoms with Crippen LogP contribution in [0, 0.1) is 5.92 Å². The first kappa shape index (κ1) is 26.9. The van der Waals surface area contributed by atoms with E-state index in [0.717, 1.165) is 70.1 Å². The standard InChI is InChI=1S/C21H36N4O3S.ClH/c1-4-9-16(10-5-2)18(25(15-26)17-11-7-6-8-12-17)19(27)20-23-24-21(28-20)29-14-13-22-3;/h15-18,22H,4-14H2,1-3H3;1H. The van der Waals surface area contributed by atoms with Crippen LogP contribution in [0.15, 0.2) is 9.64 Å². The molecule has 1 heterocycles. The van der Waals surface area contributed by atoms with Gasteiger partial charge in [0.2, 0.25) is 12.2 Å². The van der Waals surface area contributed by atoms with Crippen molar-refractivity contribution >= 4 is 36.4 Å². The summed E-state index contributed by atoms with van der Waals surface area (Å²) in [6, 6.07) is -0.398. The van der Waals surface area contributed by atoms with Gasteiger partial charge in [-0.25, -0.2) is 0 Å². The maximum atomic E-state index is 13.5. The fourth-order valence-corrected chi connectivity index (χ4v) is 5.00. The number of hydrogen-bond donors (Lipinski definition) is 1. The first-order valence-electron chi connectivity index (χ1n) is 11.0. The van der Waals surface area contributed by atoms with Crippen LogP contribution in [0.3, 0.4) is 0 Å². The average Bonchev–Trinajstić information content (AvgIpc) is 3.21. The zero-order valence-electron chi connectivity index (χ0n) is 18.5. The zero-order chi connectivity index (χ0) is 21.1. The van der Waals surface area contributed by atoms with Crippen LogP contribution in [0.5, 0.6) is 0 Å². The molecule has 1 atom stereocenters. The van der Waals surface area contributed by atoms with Crippen LogP contribution >= 0.6 is 24.2 Å². The van der Waals surface area contributed by atoms with E-state index in [1.165, 1.54) is 18.2 Å². The lowest BCUT2D eigenvalue weighted by molar-refractivity contribution is -0.123. The molecule has 9 heteroatoms. The van der Waals surface area contributed by atoms with Crippen LogP contribution in [0.1, 0.15) is 82.3 Å².